The Bertz CT molecular complexity index is 808. The summed E-state index contributed by atoms with van der Waals surface area (Å²) in [7, 11) is -3.48. The van der Waals surface area contributed by atoms with E-state index in [1.54, 1.807) is 40.7 Å². The Morgan fingerprint density at radius 2 is 1.92 bits per heavy atom. The second kappa shape index (κ2) is 6.91. The molecular weight excluding hydrogens is 326 g/mol. The number of piperidine rings is 1. The lowest BCUT2D eigenvalue weighted by Crippen LogP contribution is -2.43. The van der Waals surface area contributed by atoms with Gasteiger partial charge in [0, 0.05) is 18.2 Å². The molecule has 2 aromatic rings. The monoisotopic (exact) mass is 347 g/mol. The molecule has 1 atom stereocenters. The van der Waals surface area contributed by atoms with Crippen LogP contribution in [0.3, 0.4) is 0 Å². The first-order valence-corrected chi connectivity index (χ1v) is 9.67. The number of benzene rings is 1. The van der Waals surface area contributed by atoms with Crippen LogP contribution in [0.25, 0.3) is 11.3 Å². The van der Waals surface area contributed by atoms with Gasteiger partial charge in [0.25, 0.3) is 0 Å². The van der Waals surface area contributed by atoms with E-state index in [-0.39, 0.29) is 11.8 Å². The van der Waals surface area contributed by atoms with Crippen LogP contribution in [-0.4, -0.2) is 31.6 Å². The molecule has 1 fully saturated rings. The molecular formula is C18H21NO4S. The smallest absolute Gasteiger partial charge is 0.243 e. The van der Waals surface area contributed by atoms with Gasteiger partial charge < -0.3 is 4.42 Å². The highest BCUT2D eigenvalue weighted by molar-refractivity contribution is 7.89. The van der Waals surface area contributed by atoms with Crippen LogP contribution in [0.15, 0.2) is 45.7 Å². The van der Waals surface area contributed by atoms with E-state index in [0.717, 1.165) is 31.2 Å². The number of carbonyl (C=O) groups excluding carboxylic acids is 1. The van der Waals surface area contributed by atoms with Gasteiger partial charge >= 0.3 is 0 Å². The van der Waals surface area contributed by atoms with Crippen molar-refractivity contribution in [1.29, 1.82) is 0 Å². The van der Waals surface area contributed by atoms with Crippen molar-refractivity contribution in [1.82, 2.24) is 4.31 Å². The number of sulfonamides is 1. The summed E-state index contributed by atoms with van der Waals surface area (Å²) < 4.78 is 32.8. The summed E-state index contributed by atoms with van der Waals surface area (Å²) in [5.41, 5.74) is 0.743. The summed E-state index contributed by atoms with van der Waals surface area (Å²) in [6.07, 6.45) is 4.39. The highest BCUT2D eigenvalue weighted by atomic mass is 32.2. The van der Waals surface area contributed by atoms with Crippen LogP contribution in [0.1, 0.15) is 43.2 Å². The summed E-state index contributed by atoms with van der Waals surface area (Å²) in [5, 5.41) is 0. The number of aldehydes is 1. The molecule has 0 saturated carbocycles. The third kappa shape index (κ3) is 3.16. The quantitative estimate of drug-likeness (QED) is 0.773. The Kier molecular flexibility index (Phi) is 4.87. The first-order valence-electron chi connectivity index (χ1n) is 8.23. The first-order chi connectivity index (χ1) is 11.6. The Hall–Kier alpha value is -1.92. The number of hydrogen-bond donors (Lipinski definition) is 0. The topological polar surface area (TPSA) is 67.6 Å². The standard InChI is InChI=1S/C18H21NO4S/c1-2-15-5-3-4-12-19(15)24(21,22)17-9-6-14(7-10-17)18-11-8-16(13-20)23-18/h6-11,13,15H,2-5,12H2,1H3. The average molecular weight is 347 g/mol. The zero-order valence-corrected chi connectivity index (χ0v) is 14.5. The van der Waals surface area contributed by atoms with Crippen molar-refractivity contribution in [3.8, 4) is 11.3 Å². The maximum Gasteiger partial charge on any atom is 0.243 e. The van der Waals surface area contributed by atoms with E-state index in [2.05, 4.69) is 0 Å². The van der Waals surface area contributed by atoms with E-state index < -0.39 is 10.0 Å². The average Bonchev–Trinajstić information content (AvgIpc) is 3.11. The summed E-state index contributed by atoms with van der Waals surface area (Å²) in [6, 6.07) is 10.0. The highest BCUT2D eigenvalue weighted by Gasteiger charge is 2.32. The molecule has 1 aromatic heterocycles. The zero-order valence-electron chi connectivity index (χ0n) is 13.6. The van der Waals surface area contributed by atoms with Gasteiger partial charge in [0.2, 0.25) is 10.0 Å². The predicted molar refractivity (Wildman–Crippen MR) is 91.4 cm³/mol. The molecule has 0 radical (unpaired) electrons. The number of hydrogen-bond acceptors (Lipinski definition) is 4. The second-order valence-corrected chi connectivity index (χ2v) is 7.91. The lowest BCUT2D eigenvalue weighted by atomic mass is 10.0. The van der Waals surface area contributed by atoms with E-state index in [9.17, 15) is 13.2 Å². The van der Waals surface area contributed by atoms with Crippen molar-refractivity contribution in [3.05, 3.63) is 42.2 Å². The molecule has 1 unspecified atom stereocenters. The minimum atomic E-state index is -3.48. The molecule has 1 aromatic carbocycles. The van der Waals surface area contributed by atoms with Gasteiger partial charge in [0.1, 0.15) is 5.76 Å². The number of rotatable bonds is 5. The molecule has 1 aliphatic rings. The van der Waals surface area contributed by atoms with Crippen molar-refractivity contribution >= 4 is 16.3 Å². The molecule has 3 rings (SSSR count). The molecule has 24 heavy (non-hydrogen) atoms. The largest absolute Gasteiger partial charge is 0.453 e. The van der Waals surface area contributed by atoms with Crippen molar-refractivity contribution in [2.45, 2.75) is 43.5 Å². The summed E-state index contributed by atoms with van der Waals surface area (Å²) in [4.78, 5) is 11.0. The maximum atomic E-state index is 12.9. The highest BCUT2D eigenvalue weighted by Crippen LogP contribution is 2.29. The molecule has 0 aliphatic carbocycles. The molecule has 0 bridgehead atoms. The second-order valence-electron chi connectivity index (χ2n) is 6.02. The lowest BCUT2D eigenvalue weighted by molar-refractivity contribution is 0.110. The van der Waals surface area contributed by atoms with E-state index in [0.29, 0.717) is 23.5 Å². The normalized spacial score (nSPS) is 19.3. The summed E-state index contributed by atoms with van der Waals surface area (Å²) in [5.74, 6) is 0.797. The molecule has 128 valence electrons. The van der Waals surface area contributed by atoms with Gasteiger partial charge in [-0.15, -0.1) is 0 Å². The predicted octanol–water partition coefficient (Wildman–Crippen LogP) is 3.71. The zero-order chi connectivity index (χ0) is 17.2. The molecule has 0 N–H and O–H groups in total. The molecule has 0 amide bonds. The third-order valence-corrected chi connectivity index (χ3v) is 6.50. The Morgan fingerprint density at radius 3 is 2.54 bits per heavy atom. The fourth-order valence-corrected chi connectivity index (χ4v) is 4.96. The van der Waals surface area contributed by atoms with Gasteiger partial charge in [-0.3, -0.25) is 4.79 Å². The molecule has 6 heteroatoms. The number of carbonyl (C=O) groups is 1. The molecule has 5 nitrogen and oxygen atoms in total. The van der Waals surface area contributed by atoms with Gasteiger partial charge in [-0.25, -0.2) is 8.42 Å². The van der Waals surface area contributed by atoms with Crippen LogP contribution in [0.5, 0.6) is 0 Å². The number of furan rings is 1. The first kappa shape index (κ1) is 16.9. The van der Waals surface area contributed by atoms with Gasteiger partial charge in [-0.1, -0.05) is 13.3 Å². The van der Waals surface area contributed by atoms with Crippen molar-refractivity contribution in [2.75, 3.05) is 6.54 Å². The van der Waals surface area contributed by atoms with Crippen LogP contribution in [0.2, 0.25) is 0 Å². The SMILES string of the molecule is CCC1CCCCN1S(=O)(=O)c1ccc(-c2ccc(C=O)o2)cc1. The van der Waals surface area contributed by atoms with E-state index in [1.807, 2.05) is 6.92 Å². The molecule has 1 aliphatic heterocycles. The Morgan fingerprint density at radius 1 is 1.17 bits per heavy atom. The number of nitrogens with zero attached hydrogens (tertiary/aromatic N) is 1. The van der Waals surface area contributed by atoms with Crippen LogP contribution < -0.4 is 0 Å². The van der Waals surface area contributed by atoms with Crippen LogP contribution in [0.4, 0.5) is 0 Å². The Balaban J connectivity index is 1.87. The molecule has 2 heterocycles. The summed E-state index contributed by atoms with van der Waals surface area (Å²) >= 11 is 0. The lowest BCUT2D eigenvalue weighted by Gasteiger charge is -2.34. The maximum absolute atomic E-state index is 12.9. The van der Waals surface area contributed by atoms with Gasteiger partial charge in [-0.05, 0) is 55.7 Å². The fourth-order valence-electron chi connectivity index (χ4n) is 3.20. The van der Waals surface area contributed by atoms with Gasteiger partial charge in [-0.2, -0.15) is 4.31 Å². The minimum Gasteiger partial charge on any atom is -0.453 e. The van der Waals surface area contributed by atoms with Crippen molar-refractivity contribution < 1.29 is 17.6 Å². The van der Waals surface area contributed by atoms with E-state index in [4.69, 9.17) is 4.42 Å². The van der Waals surface area contributed by atoms with Crippen LogP contribution in [-0.2, 0) is 10.0 Å². The van der Waals surface area contributed by atoms with Crippen molar-refractivity contribution in [2.24, 2.45) is 0 Å². The fraction of sp³-hybridized carbons (Fsp3) is 0.389. The van der Waals surface area contributed by atoms with Crippen molar-refractivity contribution in [3.63, 3.8) is 0 Å². The van der Waals surface area contributed by atoms with E-state index >= 15 is 0 Å². The van der Waals surface area contributed by atoms with Crippen LogP contribution in [0, 0.1) is 0 Å². The summed E-state index contributed by atoms with van der Waals surface area (Å²) in [6.45, 7) is 2.62. The molecule has 0 spiro atoms. The van der Waals surface area contributed by atoms with Gasteiger partial charge in [0.15, 0.2) is 12.0 Å². The minimum absolute atomic E-state index is 0.0867. The van der Waals surface area contributed by atoms with Gasteiger partial charge in [0.05, 0.1) is 4.90 Å². The molecule has 1 saturated heterocycles. The third-order valence-electron chi connectivity index (χ3n) is 4.53. The van der Waals surface area contributed by atoms with Crippen LogP contribution >= 0.6 is 0 Å². The Labute approximate surface area is 142 Å². The van der Waals surface area contributed by atoms with E-state index in [1.165, 1.54) is 0 Å².